The lowest BCUT2D eigenvalue weighted by Crippen LogP contribution is -2.47. The maximum atomic E-state index is 10.6. The number of imidazole rings is 1. The highest BCUT2D eigenvalue weighted by molar-refractivity contribution is 5.45. The molecule has 2 aromatic rings. The van der Waals surface area contributed by atoms with Crippen LogP contribution in [0.25, 0.3) is 0 Å². The van der Waals surface area contributed by atoms with Crippen LogP contribution in [0.15, 0.2) is 30.7 Å². The van der Waals surface area contributed by atoms with Crippen molar-refractivity contribution in [1.29, 1.82) is 0 Å². The summed E-state index contributed by atoms with van der Waals surface area (Å²) in [4.78, 5) is 23.1. The lowest BCUT2D eigenvalue weighted by molar-refractivity contribution is -0.385. The van der Waals surface area contributed by atoms with Crippen molar-refractivity contribution in [3.05, 3.63) is 40.8 Å². The summed E-state index contributed by atoms with van der Waals surface area (Å²) < 4.78 is 2.00. The van der Waals surface area contributed by atoms with Crippen LogP contribution >= 0.6 is 0 Å². The van der Waals surface area contributed by atoms with Crippen LogP contribution in [-0.2, 0) is 7.05 Å². The topological polar surface area (TPSA) is 80.3 Å². The number of hydrogen-bond acceptors (Lipinski definition) is 6. The number of nitro groups is 1. The number of piperazine rings is 1. The fourth-order valence-corrected chi connectivity index (χ4v) is 2.47. The van der Waals surface area contributed by atoms with Crippen LogP contribution in [0.2, 0.25) is 0 Å². The second kappa shape index (κ2) is 5.39. The molecule has 0 spiro atoms. The van der Waals surface area contributed by atoms with E-state index >= 15 is 0 Å². The van der Waals surface area contributed by atoms with Gasteiger partial charge in [0.15, 0.2) is 0 Å². The Morgan fingerprint density at radius 3 is 2.38 bits per heavy atom. The third-order valence-corrected chi connectivity index (χ3v) is 3.63. The molecule has 0 radical (unpaired) electrons. The molecule has 3 heterocycles. The molecule has 1 aliphatic heterocycles. The summed E-state index contributed by atoms with van der Waals surface area (Å²) in [6.45, 7) is 3.34. The van der Waals surface area contributed by atoms with Gasteiger partial charge in [0.1, 0.15) is 12.0 Å². The summed E-state index contributed by atoms with van der Waals surface area (Å²) in [5.74, 6) is 1.74. The molecule has 0 N–H and O–H groups in total. The Balaban J connectivity index is 1.65. The van der Waals surface area contributed by atoms with Gasteiger partial charge in [-0.1, -0.05) is 0 Å². The molecule has 0 unspecified atom stereocenters. The Morgan fingerprint density at radius 2 is 1.86 bits per heavy atom. The Kier molecular flexibility index (Phi) is 3.43. The average Bonchev–Trinajstić information content (AvgIpc) is 2.94. The summed E-state index contributed by atoms with van der Waals surface area (Å²) in [5, 5.41) is 10.6. The fourth-order valence-electron chi connectivity index (χ4n) is 2.47. The van der Waals surface area contributed by atoms with E-state index in [2.05, 4.69) is 19.8 Å². The van der Waals surface area contributed by atoms with Crippen molar-refractivity contribution in [2.24, 2.45) is 7.05 Å². The molecule has 1 saturated heterocycles. The largest absolute Gasteiger partial charge is 0.353 e. The summed E-state index contributed by atoms with van der Waals surface area (Å²) in [7, 11) is 1.98. The van der Waals surface area contributed by atoms with Crippen LogP contribution in [-0.4, -0.2) is 45.6 Å². The van der Waals surface area contributed by atoms with E-state index in [1.165, 1.54) is 12.3 Å². The molecule has 2 aromatic heterocycles. The monoisotopic (exact) mass is 288 g/mol. The second-order valence-corrected chi connectivity index (χ2v) is 4.94. The van der Waals surface area contributed by atoms with Crippen molar-refractivity contribution in [3.8, 4) is 0 Å². The normalized spacial score (nSPS) is 15.3. The van der Waals surface area contributed by atoms with Crippen molar-refractivity contribution >= 4 is 17.5 Å². The average molecular weight is 288 g/mol. The summed E-state index contributed by atoms with van der Waals surface area (Å²) in [5.41, 5.74) is 0.0189. The van der Waals surface area contributed by atoms with Crippen LogP contribution in [0.5, 0.6) is 0 Å². The minimum Gasteiger partial charge on any atom is -0.353 e. The van der Waals surface area contributed by atoms with Crippen LogP contribution in [0.4, 0.5) is 17.5 Å². The van der Waals surface area contributed by atoms with Crippen LogP contribution in [0, 0.1) is 10.1 Å². The smallest absolute Gasteiger partial charge is 0.287 e. The van der Waals surface area contributed by atoms with Gasteiger partial charge >= 0.3 is 0 Å². The van der Waals surface area contributed by atoms with Gasteiger partial charge in [-0.25, -0.2) is 9.97 Å². The van der Waals surface area contributed by atoms with Crippen molar-refractivity contribution in [2.45, 2.75) is 0 Å². The number of aryl methyl sites for hydroxylation is 1. The molecule has 8 heteroatoms. The predicted octanol–water partition coefficient (Wildman–Crippen LogP) is 1.05. The molecule has 1 fully saturated rings. The quantitative estimate of drug-likeness (QED) is 0.620. The van der Waals surface area contributed by atoms with Gasteiger partial charge in [-0.2, -0.15) is 0 Å². The summed E-state index contributed by atoms with van der Waals surface area (Å²) >= 11 is 0. The molecule has 3 rings (SSSR count). The van der Waals surface area contributed by atoms with E-state index in [0.29, 0.717) is 0 Å². The molecule has 0 atom stereocenters. The third kappa shape index (κ3) is 2.64. The van der Waals surface area contributed by atoms with Gasteiger partial charge in [0.25, 0.3) is 5.69 Å². The SMILES string of the molecule is Cn1ccnc1N1CCN(c2ccc([N+](=O)[O-])cn2)CC1. The number of anilines is 2. The summed E-state index contributed by atoms with van der Waals surface area (Å²) in [6, 6.07) is 3.20. The Bertz CT molecular complexity index is 630. The van der Waals surface area contributed by atoms with Gasteiger partial charge in [-0.05, 0) is 6.07 Å². The Labute approximate surface area is 121 Å². The number of pyridine rings is 1. The van der Waals surface area contributed by atoms with Crippen LogP contribution in [0.3, 0.4) is 0 Å². The number of nitrogens with zero attached hydrogens (tertiary/aromatic N) is 6. The van der Waals surface area contributed by atoms with E-state index in [9.17, 15) is 10.1 Å². The van der Waals surface area contributed by atoms with Gasteiger partial charge in [0, 0.05) is 51.7 Å². The van der Waals surface area contributed by atoms with Gasteiger partial charge in [0.2, 0.25) is 5.95 Å². The zero-order chi connectivity index (χ0) is 14.8. The van der Waals surface area contributed by atoms with Crippen molar-refractivity contribution in [3.63, 3.8) is 0 Å². The highest BCUT2D eigenvalue weighted by Crippen LogP contribution is 2.19. The molecule has 8 nitrogen and oxygen atoms in total. The van der Waals surface area contributed by atoms with Gasteiger partial charge in [-0.3, -0.25) is 10.1 Å². The van der Waals surface area contributed by atoms with Crippen molar-refractivity contribution < 1.29 is 4.92 Å². The predicted molar refractivity (Wildman–Crippen MR) is 78.5 cm³/mol. The molecular weight excluding hydrogens is 272 g/mol. The van der Waals surface area contributed by atoms with E-state index in [-0.39, 0.29) is 5.69 Å². The van der Waals surface area contributed by atoms with Gasteiger partial charge in [-0.15, -0.1) is 0 Å². The Hall–Kier alpha value is -2.64. The molecule has 1 aliphatic rings. The minimum atomic E-state index is -0.435. The molecule has 21 heavy (non-hydrogen) atoms. The zero-order valence-corrected chi connectivity index (χ0v) is 11.7. The zero-order valence-electron chi connectivity index (χ0n) is 11.7. The van der Waals surface area contributed by atoms with Crippen LogP contribution in [0.1, 0.15) is 0 Å². The second-order valence-electron chi connectivity index (χ2n) is 4.94. The third-order valence-electron chi connectivity index (χ3n) is 3.63. The number of hydrogen-bond donors (Lipinski definition) is 0. The fraction of sp³-hybridized carbons (Fsp3) is 0.385. The van der Waals surface area contributed by atoms with Crippen LogP contribution < -0.4 is 9.80 Å². The van der Waals surface area contributed by atoms with Gasteiger partial charge in [0.05, 0.1) is 4.92 Å². The molecular formula is C13H16N6O2. The van der Waals surface area contributed by atoms with E-state index in [0.717, 1.165) is 37.9 Å². The first-order chi connectivity index (χ1) is 10.1. The molecule has 0 saturated carbocycles. The van der Waals surface area contributed by atoms with E-state index < -0.39 is 4.92 Å². The lowest BCUT2D eigenvalue weighted by Gasteiger charge is -2.35. The highest BCUT2D eigenvalue weighted by atomic mass is 16.6. The number of rotatable bonds is 3. The summed E-state index contributed by atoms with van der Waals surface area (Å²) in [6.07, 6.45) is 5.03. The maximum absolute atomic E-state index is 10.6. The molecule has 0 aliphatic carbocycles. The molecule has 0 bridgehead atoms. The first-order valence-corrected chi connectivity index (χ1v) is 6.73. The highest BCUT2D eigenvalue weighted by Gasteiger charge is 2.20. The van der Waals surface area contributed by atoms with Crippen molar-refractivity contribution in [1.82, 2.24) is 14.5 Å². The van der Waals surface area contributed by atoms with Gasteiger partial charge < -0.3 is 14.4 Å². The van der Waals surface area contributed by atoms with Crippen molar-refractivity contribution in [2.75, 3.05) is 36.0 Å². The standard InChI is InChI=1S/C13H16N6O2/c1-16-5-4-14-13(16)18-8-6-17(7-9-18)12-3-2-11(10-15-12)19(20)21/h2-5,10H,6-9H2,1H3. The van der Waals surface area contributed by atoms with E-state index in [1.54, 1.807) is 12.3 Å². The minimum absolute atomic E-state index is 0.0189. The van der Waals surface area contributed by atoms with E-state index in [4.69, 9.17) is 0 Å². The maximum Gasteiger partial charge on any atom is 0.287 e. The molecule has 0 aromatic carbocycles. The molecule has 110 valence electrons. The number of aromatic nitrogens is 3. The molecule has 0 amide bonds. The Morgan fingerprint density at radius 1 is 1.14 bits per heavy atom. The first kappa shape index (κ1) is 13.3. The lowest BCUT2D eigenvalue weighted by atomic mass is 10.3. The van der Waals surface area contributed by atoms with E-state index in [1.807, 2.05) is 17.8 Å². The first-order valence-electron chi connectivity index (χ1n) is 6.73.